The van der Waals surface area contributed by atoms with Gasteiger partial charge >= 0.3 is 0 Å². The predicted octanol–water partition coefficient (Wildman–Crippen LogP) is 1.16. The Hall–Kier alpha value is -2.93. The van der Waals surface area contributed by atoms with Gasteiger partial charge in [-0.3, -0.25) is 0 Å². The first-order chi connectivity index (χ1) is 11.1. The third-order valence-corrected chi connectivity index (χ3v) is 3.75. The van der Waals surface area contributed by atoms with Crippen molar-refractivity contribution in [1.82, 2.24) is 5.32 Å². The van der Waals surface area contributed by atoms with Crippen LogP contribution in [0.3, 0.4) is 0 Å². The van der Waals surface area contributed by atoms with Gasteiger partial charge in [0.2, 0.25) is 6.79 Å². The predicted molar refractivity (Wildman–Crippen MR) is 84.6 cm³/mol. The Labute approximate surface area is 132 Å². The molecule has 0 spiro atoms. The third kappa shape index (κ3) is 2.62. The van der Waals surface area contributed by atoms with E-state index in [4.69, 9.17) is 25.4 Å². The minimum atomic E-state index is -0.855. The van der Waals surface area contributed by atoms with Crippen LogP contribution in [-0.4, -0.2) is 18.4 Å². The number of aliphatic imine (C=N–C) groups is 1. The van der Waals surface area contributed by atoms with Crippen LogP contribution in [0, 0.1) is 0 Å². The van der Waals surface area contributed by atoms with Gasteiger partial charge in [0.05, 0.1) is 18.2 Å². The number of benzene rings is 1. The van der Waals surface area contributed by atoms with Crippen molar-refractivity contribution in [3.8, 4) is 11.5 Å². The second-order valence-electron chi connectivity index (χ2n) is 5.57. The maximum Gasteiger partial charge on any atom is 0.231 e. The SMILES string of the molecule is NC1=NC(c2ccoc2)=CC(N)(Cc2ccc3c(c2)OCO3)N1. The number of ether oxygens (including phenoxy) is 2. The van der Waals surface area contributed by atoms with Crippen LogP contribution in [0.5, 0.6) is 11.5 Å². The number of nitrogens with two attached hydrogens (primary N) is 2. The molecule has 0 saturated heterocycles. The number of hydrogen-bond acceptors (Lipinski definition) is 7. The van der Waals surface area contributed by atoms with Crippen LogP contribution >= 0.6 is 0 Å². The summed E-state index contributed by atoms with van der Waals surface area (Å²) in [5, 5.41) is 3.03. The van der Waals surface area contributed by atoms with E-state index in [9.17, 15) is 0 Å². The fraction of sp³-hybridized carbons (Fsp3) is 0.188. The van der Waals surface area contributed by atoms with Crippen molar-refractivity contribution < 1.29 is 13.9 Å². The van der Waals surface area contributed by atoms with Crippen LogP contribution in [0.25, 0.3) is 5.70 Å². The van der Waals surface area contributed by atoms with Gasteiger partial charge in [0.1, 0.15) is 5.66 Å². The lowest BCUT2D eigenvalue weighted by molar-refractivity contribution is 0.174. The topological polar surface area (TPSA) is 108 Å². The molecule has 1 atom stereocenters. The normalized spacial score (nSPS) is 22.3. The van der Waals surface area contributed by atoms with Gasteiger partial charge in [0.15, 0.2) is 17.5 Å². The van der Waals surface area contributed by atoms with Crippen molar-refractivity contribution in [2.24, 2.45) is 16.5 Å². The average molecular weight is 312 g/mol. The molecule has 5 N–H and O–H groups in total. The number of nitrogens with one attached hydrogen (secondary N) is 1. The van der Waals surface area contributed by atoms with E-state index in [0.717, 1.165) is 22.6 Å². The maximum absolute atomic E-state index is 6.47. The monoisotopic (exact) mass is 312 g/mol. The van der Waals surface area contributed by atoms with Crippen LogP contribution in [-0.2, 0) is 6.42 Å². The lowest BCUT2D eigenvalue weighted by Gasteiger charge is -2.31. The Morgan fingerprint density at radius 1 is 1.22 bits per heavy atom. The summed E-state index contributed by atoms with van der Waals surface area (Å²) in [6.45, 7) is 0.245. The molecule has 0 radical (unpaired) electrons. The maximum atomic E-state index is 6.47. The van der Waals surface area contributed by atoms with Crippen molar-refractivity contribution in [3.63, 3.8) is 0 Å². The fourth-order valence-corrected chi connectivity index (χ4v) is 2.75. The van der Waals surface area contributed by atoms with Crippen molar-refractivity contribution in [1.29, 1.82) is 0 Å². The van der Waals surface area contributed by atoms with Crippen molar-refractivity contribution in [2.45, 2.75) is 12.1 Å². The van der Waals surface area contributed by atoms with Crippen molar-refractivity contribution in [3.05, 3.63) is 54.0 Å². The molecule has 7 nitrogen and oxygen atoms in total. The molecule has 0 fully saturated rings. The summed E-state index contributed by atoms with van der Waals surface area (Å²) in [6, 6.07) is 7.57. The minimum Gasteiger partial charge on any atom is -0.472 e. The first-order valence-electron chi connectivity index (χ1n) is 7.16. The molecule has 1 aromatic heterocycles. The molecule has 0 aliphatic carbocycles. The zero-order chi connectivity index (χ0) is 15.9. The van der Waals surface area contributed by atoms with E-state index in [0.29, 0.717) is 12.1 Å². The molecular weight excluding hydrogens is 296 g/mol. The highest BCUT2D eigenvalue weighted by Gasteiger charge is 2.29. The summed E-state index contributed by atoms with van der Waals surface area (Å²) in [7, 11) is 0. The molecule has 2 aromatic rings. The smallest absolute Gasteiger partial charge is 0.231 e. The summed E-state index contributed by atoms with van der Waals surface area (Å²) >= 11 is 0. The lowest BCUT2D eigenvalue weighted by Crippen LogP contribution is -2.59. The number of nitrogens with zero attached hydrogens (tertiary/aromatic N) is 1. The second kappa shape index (κ2) is 5.06. The highest BCUT2D eigenvalue weighted by Crippen LogP contribution is 2.33. The molecule has 0 bridgehead atoms. The molecule has 3 heterocycles. The highest BCUT2D eigenvalue weighted by molar-refractivity contribution is 5.88. The molecule has 0 amide bonds. The molecule has 1 aromatic carbocycles. The van der Waals surface area contributed by atoms with Crippen molar-refractivity contribution in [2.75, 3.05) is 6.79 Å². The second-order valence-corrected chi connectivity index (χ2v) is 5.57. The summed E-state index contributed by atoms with van der Waals surface area (Å²) < 4.78 is 15.8. The Kier molecular flexibility index (Phi) is 3.02. The van der Waals surface area contributed by atoms with Gasteiger partial charge in [-0.15, -0.1) is 0 Å². The van der Waals surface area contributed by atoms with E-state index in [1.54, 1.807) is 12.5 Å². The summed E-state index contributed by atoms with van der Waals surface area (Å²) in [4.78, 5) is 4.28. The van der Waals surface area contributed by atoms with Gasteiger partial charge in [0, 0.05) is 12.0 Å². The van der Waals surface area contributed by atoms with Crippen LogP contribution < -0.4 is 26.3 Å². The van der Waals surface area contributed by atoms with E-state index < -0.39 is 5.66 Å². The zero-order valence-corrected chi connectivity index (χ0v) is 12.3. The number of guanidine groups is 1. The Bertz CT molecular complexity index is 798. The lowest BCUT2D eigenvalue weighted by atomic mass is 9.97. The zero-order valence-electron chi connectivity index (χ0n) is 12.3. The van der Waals surface area contributed by atoms with Gasteiger partial charge in [-0.2, -0.15) is 0 Å². The largest absolute Gasteiger partial charge is 0.472 e. The average Bonchev–Trinajstić information content (AvgIpc) is 3.17. The molecule has 0 saturated carbocycles. The van der Waals surface area contributed by atoms with Gasteiger partial charge < -0.3 is 30.7 Å². The van der Waals surface area contributed by atoms with Crippen molar-refractivity contribution >= 4 is 11.7 Å². The molecule has 118 valence electrons. The Balaban J connectivity index is 1.63. The first-order valence-corrected chi connectivity index (χ1v) is 7.16. The Morgan fingerprint density at radius 3 is 2.91 bits per heavy atom. The van der Waals surface area contributed by atoms with Crippen LogP contribution in [0.2, 0.25) is 0 Å². The molecule has 23 heavy (non-hydrogen) atoms. The first kappa shape index (κ1) is 13.7. The molecular formula is C16H16N4O3. The standard InChI is InChI=1S/C16H16N4O3/c17-15-19-12(11-3-4-21-8-11)7-16(18,20-15)6-10-1-2-13-14(5-10)23-9-22-13/h1-5,7-8H,6,9,18H2,(H3,17,19,20). The van der Waals surface area contributed by atoms with Gasteiger partial charge in [-0.1, -0.05) is 6.07 Å². The number of hydrogen-bond donors (Lipinski definition) is 3. The highest BCUT2D eigenvalue weighted by atomic mass is 16.7. The van der Waals surface area contributed by atoms with Gasteiger partial charge in [-0.25, -0.2) is 4.99 Å². The summed E-state index contributed by atoms with van der Waals surface area (Å²) in [6.07, 6.45) is 5.55. The summed E-state index contributed by atoms with van der Waals surface area (Å²) in [5.74, 6) is 1.74. The number of furan rings is 1. The summed E-state index contributed by atoms with van der Waals surface area (Å²) in [5.41, 5.74) is 14.0. The van der Waals surface area contributed by atoms with Gasteiger partial charge in [-0.05, 0) is 29.8 Å². The van der Waals surface area contributed by atoms with E-state index in [1.165, 1.54) is 0 Å². The fourth-order valence-electron chi connectivity index (χ4n) is 2.75. The Morgan fingerprint density at radius 2 is 2.09 bits per heavy atom. The van der Waals surface area contributed by atoms with Crippen LogP contribution in [0.15, 0.2) is 52.3 Å². The number of rotatable bonds is 3. The van der Waals surface area contributed by atoms with Crippen LogP contribution in [0.1, 0.15) is 11.1 Å². The van der Waals surface area contributed by atoms with Gasteiger partial charge in [0.25, 0.3) is 0 Å². The molecule has 2 aliphatic rings. The molecule has 4 rings (SSSR count). The van der Waals surface area contributed by atoms with Crippen LogP contribution in [0.4, 0.5) is 0 Å². The quantitative estimate of drug-likeness (QED) is 0.785. The minimum absolute atomic E-state index is 0.245. The molecule has 2 aliphatic heterocycles. The number of fused-ring (bicyclic) bond motifs is 1. The van der Waals surface area contributed by atoms with E-state index in [2.05, 4.69) is 10.3 Å². The molecule has 7 heteroatoms. The van der Waals surface area contributed by atoms with E-state index in [-0.39, 0.29) is 12.8 Å². The van der Waals surface area contributed by atoms with E-state index >= 15 is 0 Å². The molecule has 1 unspecified atom stereocenters. The third-order valence-electron chi connectivity index (χ3n) is 3.75. The van der Waals surface area contributed by atoms with E-state index in [1.807, 2.05) is 30.3 Å².